The van der Waals surface area contributed by atoms with E-state index in [0.717, 1.165) is 44.1 Å². The van der Waals surface area contributed by atoms with E-state index in [0.29, 0.717) is 6.54 Å². The molecule has 1 fully saturated rings. The van der Waals surface area contributed by atoms with Gasteiger partial charge in [0, 0.05) is 58.1 Å². The molecule has 0 radical (unpaired) electrons. The second kappa shape index (κ2) is 7.11. The van der Waals surface area contributed by atoms with Crippen LogP contribution in [0.1, 0.15) is 17.0 Å². The largest absolute Gasteiger partial charge is 0.394 e. The molecule has 0 saturated carbocycles. The topological polar surface area (TPSA) is 64.8 Å². The van der Waals surface area contributed by atoms with Gasteiger partial charge in [0.2, 0.25) is 0 Å². The number of rotatable bonds is 4. The van der Waals surface area contributed by atoms with Crippen molar-refractivity contribution >= 4 is 6.03 Å². The fourth-order valence-corrected chi connectivity index (χ4v) is 2.88. The Balaban J connectivity index is 1.95. The van der Waals surface area contributed by atoms with Crippen molar-refractivity contribution < 1.29 is 9.90 Å². The normalized spacial score (nSPS) is 16.1. The van der Waals surface area contributed by atoms with Crippen LogP contribution in [-0.4, -0.2) is 82.5 Å². The van der Waals surface area contributed by atoms with Gasteiger partial charge in [-0.1, -0.05) is 0 Å². The smallest absolute Gasteiger partial charge is 0.319 e. The number of aliphatic hydroxyl groups is 1. The molecule has 2 heterocycles. The molecular weight excluding hydrogens is 282 g/mol. The zero-order valence-electron chi connectivity index (χ0n) is 14.0. The van der Waals surface area contributed by atoms with E-state index >= 15 is 0 Å². The van der Waals surface area contributed by atoms with Crippen LogP contribution >= 0.6 is 0 Å². The summed E-state index contributed by atoms with van der Waals surface area (Å²) in [7, 11) is 3.58. The molecule has 2 amide bonds. The van der Waals surface area contributed by atoms with Gasteiger partial charge in [-0.2, -0.15) is 5.10 Å². The van der Waals surface area contributed by atoms with Gasteiger partial charge in [0.25, 0.3) is 0 Å². The molecule has 1 aromatic rings. The summed E-state index contributed by atoms with van der Waals surface area (Å²) in [5.41, 5.74) is 3.39. The Morgan fingerprint density at radius 2 is 1.86 bits per heavy atom. The first-order chi connectivity index (χ1) is 10.4. The fraction of sp³-hybridized carbons (Fsp3) is 0.733. The van der Waals surface area contributed by atoms with E-state index in [1.807, 2.05) is 16.5 Å². The van der Waals surface area contributed by atoms with Crippen LogP contribution in [0.2, 0.25) is 0 Å². The van der Waals surface area contributed by atoms with E-state index in [2.05, 4.69) is 16.9 Å². The Kier molecular flexibility index (Phi) is 5.42. The molecule has 0 unspecified atom stereocenters. The zero-order valence-corrected chi connectivity index (χ0v) is 14.0. The maximum Gasteiger partial charge on any atom is 0.319 e. The third-order valence-electron chi connectivity index (χ3n) is 4.25. The van der Waals surface area contributed by atoms with E-state index in [9.17, 15) is 4.79 Å². The summed E-state index contributed by atoms with van der Waals surface area (Å²) in [5.74, 6) is 0. The highest BCUT2D eigenvalue weighted by Crippen LogP contribution is 2.17. The molecule has 1 aliphatic heterocycles. The first kappa shape index (κ1) is 16.8. The molecule has 1 saturated heterocycles. The molecule has 7 nitrogen and oxygen atoms in total. The van der Waals surface area contributed by atoms with Crippen LogP contribution in [0.15, 0.2) is 0 Å². The van der Waals surface area contributed by atoms with Gasteiger partial charge in [-0.05, 0) is 13.8 Å². The summed E-state index contributed by atoms with van der Waals surface area (Å²) in [4.78, 5) is 17.8. The van der Waals surface area contributed by atoms with Crippen LogP contribution in [0.25, 0.3) is 0 Å². The van der Waals surface area contributed by atoms with Crippen molar-refractivity contribution in [3.8, 4) is 0 Å². The summed E-state index contributed by atoms with van der Waals surface area (Å²) < 4.78 is 1.87. The van der Waals surface area contributed by atoms with Crippen molar-refractivity contribution in [1.29, 1.82) is 0 Å². The molecule has 7 heteroatoms. The maximum atomic E-state index is 11.9. The van der Waals surface area contributed by atoms with Crippen molar-refractivity contribution in [1.82, 2.24) is 24.5 Å². The molecule has 1 N–H and O–H groups in total. The number of aliphatic hydroxyl groups excluding tert-OH is 1. The standard InChI is InChI=1S/C15H27N5O2/c1-12-14(13(2)20(16-12)9-10-21)11-18-5-7-19(8-6-18)15(22)17(3)4/h21H,5-11H2,1-4H3. The highest BCUT2D eigenvalue weighted by atomic mass is 16.3. The van der Waals surface area contributed by atoms with Crippen LogP contribution in [0, 0.1) is 13.8 Å². The van der Waals surface area contributed by atoms with Gasteiger partial charge in [0.05, 0.1) is 18.8 Å². The summed E-state index contributed by atoms with van der Waals surface area (Å²) in [6.45, 7) is 8.85. The molecule has 1 aliphatic rings. The Hall–Kier alpha value is -1.60. The lowest BCUT2D eigenvalue weighted by Crippen LogP contribution is -2.51. The lowest BCUT2D eigenvalue weighted by Gasteiger charge is -2.36. The number of aromatic nitrogens is 2. The third kappa shape index (κ3) is 3.59. The average Bonchev–Trinajstić information content (AvgIpc) is 2.75. The number of carbonyl (C=O) groups excluding carboxylic acids is 1. The minimum atomic E-state index is 0.0859. The van der Waals surface area contributed by atoms with E-state index in [1.54, 1.807) is 19.0 Å². The van der Waals surface area contributed by atoms with Crippen molar-refractivity contribution in [2.45, 2.75) is 26.9 Å². The van der Waals surface area contributed by atoms with Crippen LogP contribution in [0.4, 0.5) is 4.79 Å². The minimum Gasteiger partial charge on any atom is -0.394 e. The van der Waals surface area contributed by atoms with E-state index in [1.165, 1.54) is 5.56 Å². The lowest BCUT2D eigenvalue weighted by atomic mass is 10.1. The molecule has 2 rings (SSSR count). The molecule has 0 aliphatic carbocycles. The Bertz CT molecular complexity index is 518. The van der Waals surface area contributed by atoms with Crippen LogP contribution in [-0.2, 0) is 13.1 Å². The van der Waals surface area contributed by atoms with E-state index in [-0.39, 0.29) is 12.6 Å². The van der Waals surface area contributed by atoms with Gasteiger partial charge in [-0.25, -0.2) is 4.79 Å². The predicted octanol–water partition coefficient (Wildman–Crippen LogP) is 0.291. The number of aryl methyl sites for hydroxylation is 1. The minimum absolute atomic E-state index is 0.0859. The molecular formula is C15H27N5O2. The highest BCUT2D eigenvalue weighted by Gasteiger charge is 2.23. The zero-order chi connectivity index (χ0) is 16.3. The Morgan fingerprint density at radius 3 is 2.41 bits per heavy atom. The lowest BCUT2D eigenvalue weighted by molar-refractivity contribution is 0.119. The molecule has 0 aromatic carbocycles. The molecule has 1 aromatic heterocycles. The monoisotopic (exact) mass is 309 g/mol. The second-order valence-electron chi connectivity index (χ2n) is 6.04. The fourth-order valence-electron chi connectivity index (χ4n) is 2.88. The molecule has 0 bridgehead atoms. The van der Waals surface area contributed by atoms with Gasteiger partial charge in [0.15, 0.2) is 0 Å². The van der Waals surface area contributed by atoms with Gasteiger partial charge < -0.3 is 14.9 Å². The second-order valence-corrected chi connectivity index (χ2v) is 6.04. The van der Waals surface area contributed by atoms with Crippen LogP contribution < -0.4 is 0 Å². The SMILES string of the molecule is Cc1nn(CCO)c(C)c1CN1CCN(C(=O)N(C)C)CC1. The molecule has 0 spiro atoms. The van der Waals surface area contributed by atoms with Crippen molar-refractivity contribution in [2.24, 2.45) is 0 Å². The Morgan fingerprint density at radius 1 is 1.23 bits per heavy atom. The Labute approximate surface area is 132 Å². The summed E-state index contributed by atoms with van der Waals surface area (Å²) in [5, 5.41) is 13.6. The predicted molar refractivity (Wildman–Crippen MR) is 84.7 cm³/mol. The number of urea groups is 1. The van der Waals surface area contributed by atoms with Gasteiger partial charge in [-0.3, -0.25) is 9.58 Å². The van der Waals surface area contributed by atoms with Crippen LogP contribution in [0.5, 0.6) is 0 Å². The van der Waals surface area contributed by atoms with Gasteiger partial charge in [-0.15, -0.1) is 0 Å². The molecule has 22 heavy (non-hydrogen) atoms. The highest BCUT2D eigenvalue weighted by molar-refractivity contribution is 5.73. The number of hydrogen-bond donors (Lipinski definition) is 1. The third-order valence-corrected chi connectivity index (χ3v) is 4.25. The quantitative estimate of drug-likeness (QED) is 0.868. The van der Waals surface area contributed by atoms with Crippen molar-refractivity contribution in [2.75, 3.05) is 46.9 Å². The van der Waals surface area contributed by atoms with E-state index in [4.69, 9.17) is 5.11 Å². The first-order valence-corrected chi connectivity index (χ1v) is 7.76. The van der Waals surface area contributed by atoms with Crippen molar-refractivity contribution in [3.63, 3.8) is 0 Å². The average molecular weight is 309 g/mol. The maximum absolute atomic E-state index is 11.9. The number of nitrogens with zero attached hydrogens (tertiary/aromatic N) is 5. The van der Waals surface area contributed by atoms with Gasteiger partial charge in [0.1, 0.15) is 0 Å². The van der Waals surface area contributed by atoms with Crippen molar-refractivity contribution in [3.05, 3.63) is 17.0 Å². The molecule has 0 atom stereocenters. The molecule has 124 valence electrons. The number of hydrogen-bond acceptors (Lipinski definition) is 4. The van der Waals surface area contributed by atoms with Gasteiger partial charge >= 0.3 is 6.03 Å². The number of piperazine rings is 1. The first-order valence-electron chi connectivity index (χ1n) is 7.76. The summed E-state index contributed by atoms with van der Waals surface area (Å²) in [6, 6.07) is 0.0859. The van der Waals surface area contributed by atoms with Crippen LogP contribution in [0.3, 0.4) is 0 Å². The number of amides is 2. The summed E-state index contributed by atoms with van der Waals surface area (Å²) >= 11 is 0. The summed E-state index contributed by atoms with van der Waals surface area (Å²) in [6.07, 6.45) is 0. The van der Waals surface area contributed by atoms with E-state index < -0.39 is 0 Å². The number of carbonyl (C=O) groups is 1.